The Morgan fingerprint density at radius 3 is 2.45 bits per heavy atom. The lowest BCUT2D eigenvalue weighted by molar-refractivity contribution is -0.125. The molecule has 0 spiro atoms. The van der Waals surface area contributed by atoms with Gasteiger partial charge in [-0.1, -0.05) is 51.1 Å². The van der Waals surface area contributed by atoms with Gasteiger partial charge in [-0.3, -0.25) is 14.3 Å². The summed E-state index contributed by atoms with van der Waals surface area (Å²) in [6, 6.07) is 13.2. The third kappa shape index (κ3) is 4.76. The molecule has 0 radical (unpaired) electrons. The maximum Gasteiger partial charge on any atom is 0.273 e. The van der Waals surface area contributed by atoms with E-state index in [-0.39, 0.29) is 29.4 Å². The summed E-state index contributed by atoms with van der Waals surface area (Å²) in [5.74, 6) is -0.856. The number of carbonyl (C=O) groups excluding carboxylic acids is 2. The van der Waals surface area contributed by atoms with Gasteiger partial charge in [0.1, 0.15) is 11.9 Å². The van der Waals surface area contributed by atoms with E-state index in [1.165, 1.54) is 12.1 Å². The largest absolute Gasteiger partial charge is 0.352 e. The van der Waals surface area contributed by atoms with Crippen molar-refractivity contribution >= 4 is 22.7 Å². The monoisotopic (exact) mass is 422 g/mol. The molecule has 3 aromatic rings. The average molecular weight is 423 g/mol. The second-order valence-electron chi connectivity index (χ2n) is 9.21. The Hall–Kier alpha value is -3.22. The Morgan fingerprint density at radius 1 is 1.13 bits per heavy atom. The summed E-state index contributed by atoms with van der Waals surface area (Å²) in [4.78, 5) is 26.0. The van der Waals surface area contributed by atoms with Crippen LogP contribution in [0.1, 0.15) is 49.7 Å². The molecule has 2 aromatic carbocycles. The van der Waals surface area contributed by atoms with Crippen molar-refractivity contribution in [3.05, 3.63) is 65.6 Å². The average Bonchev–Trinajstić information content (AvgIpc) is 3.46. The summed E-state index contributed by atoms with van der Waals surface area (Å²) in [5.41, 5.74) is 1.48. The lowest BCUT2D eigenvalue weighted by Crippen LogP contribution is -2.54. The molecule has 0 aliphatic heterocycles. The van der Waals surface area contributed by atoms with E-state index in [1.54, 1.807) is 16.8 Å². The Bertz CT molecular complexity index is 1110. The zero-order valence-corrected chi connectivity index (χ0v) is 18.0. The van der Waals surface area contributed by atoms with Crippen LogP contribution in [0.2, 0.25) is 0 Å². The maximum atomic E-state index is 13.2. The summed E-state index contributed by atoms with van der Waals surface area (Å²) in [7, 11) is 0. The summed E-state index contributed by atoms with van der Waals surface area (Å²) in [6.07, 6.45) is 1.96. The van der Waals surface area contributed by atoms with Gasteiger partial charge in [0.25, 0.3) is 5.91 Å². The number of carbonyl (C=O) groups is 2. The Kier molecular flexibility index (Phi) is 5.52. The van der Waals surface area contributed by atoms with Crippen LogP contribution in [0, 0.1) is 11.2 Å². The third-order valence-electron chi connectivity index (χ3n) is 5.45. The van der Waals surface area contributed by atoms with Crippen molar-refractivity contribution in [2.75, 3.05) is 0 Å². The number of nitrogens with zero attached hydrogens (tertiary/aromatic N) is 2. The molecule has 1 aliphatic rings. The molecule has 1 saturated carbocycles. The van der Waals surface area contributed by atoms with E-state index < -0.39 is 11.5 Å². The number of aromatic nitrogens is 2. The van der Waals surface area contributed by atoms with E-state index in [1.807, 2.05) is 45.0 Å². The summed E-state index contributed by atoms with van der Waals surface area (Å²) < 4.78 is 15.0. The number of halogens is 1. The van der Waals surface area contributed by atoms with Gasteiger partial charge in [0.15, 0.2) is 5.69 Å². The number of hydrogen-bond donors (Lipinski definition) is 2. The summed E-state index contributed by atoms with van der Waals surface area (Å²) >= 11 is 0. The second-order valence-corrected chi connectivity index (χ2v) is 9.21. The molecule has 1 atom stereocenters. The summed E-state index contributed by atoms with van der Waals surface area (Å²) in [5, 5.41) is 11.2. The number of benzene rings is 2. The van der Waals surface area contributed by atoms with Crippen molar-refractivity contribution in [2.24, 2.45) is 5.41 Å². The van der Waals surface area contributed by atoms with E-state index in [0.29, 0.717) is 11.9 Å². The van der Waals surface area contributed by atoms with Gasteiger partial charge in [-0.05, 0) is 42.0 Å². The van der Waals surface area contributed by atoms with Gasteiger partial charge >= 0.3 is 0 Å². The predicted octanol–water partition coefficient (Wildman–Crippen LogP) is 3.65. The third-order valence-corrected chi connectivity index (χ3v) is 5.45. The molecular weight excluding hydrogens is 395 g/mol. The molecule has 0 saturated heterocycles. The highest BCUT2D eigenvalue weighted by Crippen LogP contribution is 2.25. The summed E-state index contributed by atoms with van der Waals surface area (Å²) in [6.45, 7) is 6.18. The molecule has 4 rings (SSSR count). The number of amides is 2. The zero-order chi connectivity index (χ0) is 22.2. The van der Waals surface area contributed by atoms with Crippen LogP contribution in [0.15, 0.2) is 48.5 Å². The Morgan fingerprint density at radius 2 is 1.81 bits per heavy atom. The molecule has 1 aromatic heterocycles. The minimum atomic E-state index is -0.679. The Balaban J connectivity index is 1.62. The first-order valence-electron chi connectivity index (χ1n) is 10.5. The molecule has 2 N–H and O–H groups in total. The highest BCUT2D eigenvalue weighted by Gasteiger charge is 2.36. The van der Waals surface area contributed by atoms with Crippen LogP contribution in [0.4, 0.5) is 4.39 Å². The fourth-order valence-electron chi connectivity index (χ4n) is 3.57. The number of rotatable bonds is 6. The highest BCUT2D eigenvalue weighted by atomic mass is 19.1. The van der Waals surface area contributed by atoms with Gasteiger partial charge in [0.2, 0.25) is 5.91 Å². The first-order chi connectivity index (χ1) is 14.7. The molecule has 1 heterocycles. The SMILES string of the molecule is CC(C)(C)[C@H](NC(=O)c1nn(Cc2ccc(F)cc2)c2ccccc12)C(=O)NC1CC1. The van der Waals surface area contributed by atoms with Crippen molar-refractivity contribution in [3.8, 4) is 0 Å². The number of para-hydroxylation sites is 1. The van der Waals surface area contributed by atoms with E-state index in [2.05, 4.69) is 15.7 Å². The van der Waals surface area contributed by atoms with Crippen LogP contribution in [0.5, 0.6) is 0 Å². The maximum absolute atomic E-state index is 13.2. The molecular formula is C24H27FN4O2. The molecule has 162 valence electrons. The molecule has 7 heteroatoms. The zero-order valence-electron chi connectivity index (χ0n) is 18.0. The van der Waals surface area contributed by atoms with Crippen LogP contribution in [0.3, 0.4) is 0 Å². The number of nitrogens with one attached hydrogen (secondary N) is 2. The molecule has 1 aliphatic carbocycles. The molecule has 0 bridgehead atoms. The Labute approximate surface area is 180 Å². The van der Waals surface area contributed by atoms with Crippen LogP contribution in [-0.4, -0.2) is 33.7 Å². The number of hydrogen-bond acceptors (Lipinski definition) is 3. The molecule has 31 heavy (non-hydrogen) atoms. The first kappa shape index (κ1) is 21.0. The van der Waals surface area contributed by atoms with Crippen molar-refractivity contribution in [1.82, 2.24) is 20.4 Å². The minimum Gasteiger partial charge on any atom is -0.352 e. The predicted molar refractivity (Wildman–Crippen MR) is 117 cm³/mol. The first-order valence-corrected chi connectivity index (χ1v) is 10.5. The molecule has 1 fully saturated rings. The second kappa shape index (κ2) is 8.13. The van der Waals surface area contributed by atoms with E-state index in [9.17, 15) is 14.0 Å². The van der Waals surface area contributed by atoms with Crippen LogP contribution < -0.4 is 10.6 Å². The van der Waals surface area contributed by atoms with Crippen molar-refractivity contribution in [2.45, 2.75) is 52.2 Å². The van der Waals surface area contributed by atoms with Crippen molar-refractivity contribution in [1.29, 1.82) is 0 Å². The van der Waals surface area contributed by atoms with E-state index in [4.69, 9.17) is 0 Å². The number of fused-ring (bicyclic) bond motifs is 1. The fourth-order valence-corrected chi connectivity index (χ4v) is 3.57. The van der Waals surface area contributed by atoms with Crippen LogP contribution in [-0.2, 0) is 11.3 Å². The molecule has 6 nitrogen and oxygen atoms in total. The van der Waals surface area contributed by atoms with Crippen molar-refractivity contribution in [3.63, 3.8) is 0 Å². The lowest BCUT2D eigenvalue weighted by atomic mass is 9.86. The van der Waals surface area contributed by atoms with Gasteiger partial charge in [-0.25, -0.2) is 4.39 Å². The van der Waals surface area contributed by atoms with Crippen LogP contribution in [0.25, 0.3) is 10.9 Å². The quantitative estimate of drug-likeness (QED) is 0.637. The van der Waals surface area contributed by atoms with Crippen LogP contribution >= 0.6 is 0 Å². The van der Waals surface area contributed by atoms with Gasteiger partial charge in [-0.15, -0.1) is 0 Å². The topological polar surface area (TPSA) is 76.0 Å². The highest BCUT2D eigenvalue weighted by molar-refractivity contribution is 6.06. The molecule has 2 amide bonds. The minimum absolute atomic E-state index is 0.168. The smallest absolute Gasteiger partial charge is 0.273 e. The fraction of sp³-hybridized carbons (Fsp3) is 0.375. The van der Waals surface area contributed by atoms with E-state index >= 15 is 0 Å². The lowest BCUT2D eigenvalue weighted by Gasteiger charge is -2.30. The molecule has 0 unspecified atom stereocenters. The van der Waals surface area contributed by atoms with E-state index in [0.717, 1.165) is 23.9 Å². The van der Waals surface area contributed by atoms with Gasteiger partial charge < -0.3 is 10.6 Å². The van der Waals surface area contributed by atoms with Crippen molar-refractivity contribution < 1.29 is 14.0 Å². The normalized spacial score (nSPS) is 15.0. The standard InChI is InChI=1S/C24H27FN4O2/c1-24(2,3)21(23(31)26-17-12-13-17)27-22(30)20-18-6-4-5-7-19(18)29(28-20)14-15-8-10-16(25)11-9-15/h4-11,17,21H,12-14H2,1-3H3,(H,26,31)(H,27,30)/t21-/m1/s1. The van der Waals surface area contributed by atoms with Gasteiger partial charge in [0, 0.05) is 11.4 Å². The van der Waals surface area contributed by atoms with Gasteiger partial charge in [0.05, 0.1) is 12.1 Å². The van der Waals surface area contributed by atoms with Gasteiger partial charge in [-0.2, -0.15) is 5.10 Å².